The average Bonchev–Trinajstić information content (AvgIpc) is 2.99. The van der Waals surface area contributed by atoms with E-state index in [1.54, 1.807) is 18.2 Å². The number of H-pyrrole nitrogens is 1. The number of nitrogens with zero attached hydrogens (tertiary/aromatic N) is 2. The van der Waals surface area contributed by atoms with Crippen molar-refractivity contribution >= 4 is 16.9 Å². The van der Waals surface area contributed by atoms with E-state index in [-0.39, 0.29) is 12.5 Å². The number of halogens is 3. The first-order valence-corrected chi connectivity index (χ1v) is 6.68. The summed E-state index contributed by atoms with van der Waals surface area (Å²) in [4.78, 5) is 12.1. The van der Waals surface area contributed by atoms with Crippen LogP contribution in [0, 0.1) is 0 Å². The predicted molar refractivity (Wildman–Crippen MR) is 76.5 cm³/mol. The van der Waals surface area contributed by atoms with E-state index >= 15 is 0 Å². The summed E-state index contributed by atoms with van der Waals surface area (Å²) in [6.07, 6.45) is -4.37. The molecule has 0 fully saturated rings. The van der Waals surface area contributed by atoms with Crippen molar-refractivity contribution in [1.29, 1.82) is 0 Å². The van der Waals surface area contributed by atoms with Crippen LogP contribution in [0.3, 0.4) is 0 Å². The Labute approximate surface area is 128 Å². The Morgan fingerprint density at radius 1 is 1.04 bits per heavy atom. The second kappa shape index (κ2) is 5.71. The number of hydrogen-bond acceptors (Lipinski definition) is 3. The van der Waals surface area contributed by atoms with Crippen LogP contribution >= 0.6 is 0 Å². The number of aromatic nitrogens is 3. The molecule has 0 aliphatic carbocycles. The maximum atomic E-state index is 12.5. The molecule has 1 amide bonds. The first-order valence-electron chi connectivity index (χ1n) is 6.68. The number of alkyl halides is 3. The normalized spacial score (nSPS) is 11.6. The molecule has 2 N–H and O–H groups in total. The zero-order chi connectivity index (χ0) is 16.4. The summed E-state index contributed by atoms with van der Waals surface area (Å²) in [6.45, 7) is 0.133. The van der Waals surface area contributed by atoms with E-state index in [0.29, 0.717) is 22.2 Å². The van der Waals surface area contributed by atoms with Crippen LogP contribution in [0.15, 0.2) is 42.5 Å². The quantitative estimate of drug-likeness (QED) is 0.779. The zero-order valence-electron chi connectivity index (χ0n) is 11.7. The molecule has 0 spiro atoms. The Hall–Kier alpha value is -2.90. The third-order valence-electron chi connectivity index (χ3n) is 3.31. The highest BCUT2D eigenvalue weighted by atomic mass is 19.4. The summed E-state index contributed by atoms with van der Waals surface area (Å²) in [7, 11) is 0. The fourth-order valence-electron chi connectivity index (χ4n) is 2.08. The van der Waals surface area contributed by atoms with E-state index in [9.17, 15) is 18.0 Å². The molecular formula is C15H11F3N4O. The largest absolute Gasteiger partial charge is 0.416 e. The van der Waals surface area contributed by atoms with Crippen LogP contribution in [-0.4, -0.2) is 21.3 Å². The zero-order valence-corrected chi connectivity index (χ0v) is 11.7. The van der Waals surface area contributed by atoms with Gasteiger partial charge in [0.25, 0.3) is 5.91 Å². The number of fused-ring (bicyclic) bond motifs is 1. The van der Waals surface area contributed by atoms with Crippen LogP contribution in [0.5, 0.6) is 0 Å². The highest BCUT2D eigenvalue weighted by Crippen LogP contribution is 2.29. The van der Waals surface area contributed by atoms with E-state index in [1.165, 1.54) is 12.1 Å². The van der Waals surface area contributed by atoms with Crippen molar-refractivity contribution in [2.45, 2.75) is 12.7 Å². The predicted octanol–water partition coefficient (Wildman–Crippen LogP) is 2.91. The van der Waals surface area contributed by atoms with E-state index in [1.807, 2.05) is 0 Å². The SMILES string of the molecule is O=C(NCc1ccc(C(F)(F)F)cc1)c1ccc2n[nH]nc2c1. The summed E-state index contributed by atoms with van der Waals surface area (Å²) >= 11 is 0. The monoisotopic (exact) mass is 320 g/mol. The smallest absolute Gasteiger partial charge is 0.348 e. The molecule has 0 atom stereocenters. The van der Waals surface area contributed by atoms with Gasteiger partial charge in [0.05, 0.1) is 5.56 Å². The van der Waals surface area contributed by atoms with Gasteiger partial charge in [0, 0.05) is 12.1 Å². The number of amides is 1. The van der Waals surface area contributed by atoms with E-state index in [0.717, 1.165) is 12.1 Å². The first kappa shape index (κ1) is 15.0. The molecule has 2 aromatic carbocycles. The molecule has 118 valence electrons. The van der Waals surface area contributed by atoms with Gasteiger partial charge in [0.2, 0.25) is 0 Å². The molecule has 0 aliphatic rings. The van der Waals surface area contributed by atoms with Crippen LogP contribution in [-0.2, 0) is 12.7 Å². The number of hydrogen-bond donors (Lipinski definition) is 2. The van der Waals surface area contributed by atoms with Crippen molar-refractivity contribution in [1.82, 2.24) is 20.7 Å². The molecule has 8 heteroatoms. The highest BCUT2D eigenvalue weighted by Gasteiger charge is 2.29. The van der Waals surface area contributed by atoms with Gasteiger partial charge in [0.15, 0.2) is 0 Å². The van der Waals surface area contributed by atoms with Gasteiger partial charge >= 0.3 is 6.18 Å². The molecule has 0 radical (unpaired) electrons. The van der Waals surface area contributed by atoms with Crippen LogP contribution in [0.2, 0.25) is 0 Å². The van der Waals surface area contributed by atoms with Gasteiger partial charge in [-0.1, -0.05) is 12.1 Å². The van der Waals surface area contributed by atoms with Crippen molar-refractivity contribution in [3.8, 4) is 0 Å². The Morgan fingerprint density at radius 2 is 1.74 bits per heavy atom. The molecule has 1 aromatic heterocycles. The molecule has 3 rings (SSSR count). The van der Waals surface area contributed by atoms with Crippen LogP contribution < -0.4 is 5.32 Å². The van der Waals surface area contributed by atoms with Gasteiger partial charge in [-0.2, -0.15) is 28.6 Å². The van der Waals surface area contributed by atoms with Gasteiger partial charge < -0.3 is 5.32 Å². The topological polar surface area (TPSA) is 70.7 Å². The van der Waals surface area contributed by atoms with Gasteiger partial charge in [-0.3, -0.25) is 4.79 Å². The minimum absolute atomic E-state index is 0.133. The minimum atomic E-state index is -4.37. The molecule has 0 bridgehead atoms. The summed E-state index contributed by atoms with van der Waals surface area (Å²) in [6, 6.07) is 9.50. The second-order valence-corrected chi connectivity index (χ2v) is 4.90. The average molecular weight is 320 g/mol. The number of carbonyl (C=O) groups is 1. The van der Waals surface area contributed by atoms with E-state index < -0.39 is 11.7 Å². The standard InChI is InChI=1S/C15H11F3N4O/c16-15(17,18)11-4-1-9(2-5-11)8-19-14(23)10-3-6-12-13(7-10)21-22-20-12/h1-7H,8H2,(H,19,23)(H,20,21,22). The third kappa shape index (κ3) is 3.31. The van der Waals surface area contributed by atoms with Gasteiger partial charge in [-0.25, -0.2) is 0 Å². The lowest BCUT2D eigenvalue weighted by Crippen LogP contribution is -2.22. The Balaban J connectivity index is 1.66. The van der Waals surface area contributed by atoms with Gasteiger partial charge in [-0.15, -0.1) is 0 Å². The van der Waals surface area contributed by atoms with Crippen LogP contribution in [0.1, 0.15) is 21.5 Å². The molecule has 5 nitrogen and oxygen atoms in total. The number of rotatable bonds is 3. The van der Waals surface area contributed by atoms with Crippen molar-refractivity contribution in [3.63, 3.8) is 0 Å². The minimum Gasteiger partial charge on any atom is -0.348 e. The van der Waals surface area contributed by atoms with Crippen LogP contribution in [0.25, 0.3) is 11.0 Å². The molecular weight excluding hydrogens is 309 g/mol. The number of nitrogens with one attached hydrogen (secondary N) is 2. The molecule has 0 saturated heterocycles. The lowest BCUT2D eigenvalue weighted by molar-refractivity contribution is -0.137. The summed E-state index contributed by atoms with van der Waals surface area (Å²) in [5.74, 6) is -0.338. The van der Waals surface area contributed by atoms with E-state index in [4.69, 9.17) is 0 Å². The van der Waals surface area contributed by atoms with Crippen LogP contribution in [0.4, 0.5) is 13.2 Å². The van der Waals surface area contributed by atoms with Crippen molar-refractivity contribution < 1.29 is 18.0 Å². The van der Waals surface area contributed by atoms with Gasteiger partial charge in [0.1, 0.15) is 11.0 Å². The molecule has 0 saturated carbocycles. The van der Waals surface area contributed by atoms with Crippen molar-refractivity contribution in [2.75, 3.05) is 0 Å². The maximum Gasteiger partial charge on any atom is 0.416 e. The summed E-state index contributed by atoms with van der Waals surface area (Å²) in [5.41, 5.74) is 1.47. The molecule has 23 heavy (non-hydrogen) atoms. The first-order chi connectivity index (χ1) is 10.9. The Morgan fingerprint density at radius 3 is 2.43 bits per heavy atom. The van der Waals surface area contributed by atoms with Crippen molar-refractivity contribution in [3.05, 3.63) is 59.2 Å². The number of carbonyl (C=O) groups excluding carboxylic acids is 1. The molecule has 0 unspecified atom stereocenters. The van der Waals surface area contributed by atoms with Gasteiger partial charge in [-0.05, 0) is 35.9 Å². The molecule has 0 aliphatic heterocycles. The molecule has 3 aromatic rings. The fraction of sp³-hybridized carbons (Fsp3) is 0.133. The van der Waals surface area contributed by atoms with Crippen molar-refractivity contribution in [2.24, 2.45) is 0 Å². The molecule has 1 heterocycles. The van der Waals surface area contributed by atoms with E-state index in [2.05, 4.69) is 20.7 Å². The Kier molecular flexibility index (Phi) is 3.73. The lowest BCUT2D eigenvalue weighted by atomic mass is 10.1. The number of aromatic amines is 1. The fourth-order valence-corrected chi connectivity index (χ4v) is 2.08. The Bertz CT molecular complexity index is 840. The number of benzene rings is 2. The third-order valence-corrected chi connectivity index (χ3v) is 3.31. The maximum absolute atomic E-state index is 12.5. The summed E-state index contributed by atoms with van der Waals surface area (Å²) in [5, 5.41) is 12.9. The summed E-state index contributed by atoms with van der Waals surface area (Å²) < 4.78 is 37.4. The highest BCUT2D eigenvalue weighted by molar-refractivity contribution is 5.97. The lowest BCUT2D eigenvalue weighted by Gasteiger charge is -2.08. The second-order valence-electron chi connectivity index (χ2n) is 4.90.